The predicted molar refractivity (Wildman–Crippen MR) is 97.6 cm³/mol. The van der Waals surface area contributed by atoms with Crippen molar-refractivity contribution in [3.05, 3.63) is 60.6 Å². The van der Waals surface area contributed by atoms with Crippen LogP contribution in [-0.2, 0) is 6.18 Å². The summed E-state index contributed by atoms with van der Waals surface area (Å²) in [6.45, 7) is 0. The average molecular weight is 385 g/mol. The number of hydrogen-bond acceptors (Lipinski definition) is 5. The third-order valence-electron chi connectivity index (χ3n) is 4.23. The van der Waals surface area contributed by atoms with Gasteiger partial charge >= 0.3 is 6.18 Å². The molecule has 0 saturated heterocycles. The topological polar surface area (TPSA) is 78.3 Å². The molecular weight excluding hydrogens is 371 g/mol. The van der Waals surface area contributed by atoms with Gasteiger partial charge in [0, 0.05) is 18.0 Å². The first kappa shape index (κ1) is 17.8. The number of rotatable bonds is 3. The van der Waals surface area contributed by atoms with Gasteiger partial charge in [-0.05, 0) is 29.8 Å². The van der Waals surface area contributed by atoms with E-state index in [2.05, 4.69) is 15.1 Å². The van der Waals surface area contributed by atoms with Crippen LogP contribution < -0.4 is 10.5 Å². The molecule has 3 heterocycles. The molecule has 9 heteroatoms. The van der Waals surface area contributed by atoms with Crippen molar-refractivity contribution in [1.29, 1.82) is 0 Å². The molecule has 2 N–H and O–H groups in total. The van der Waals surface area contributed by atoms with Crippen LogP contribution in [-0.4, -0.2) is 26.7 Å². The van der Waals surface area contributed by atoms with E-state index in [-0.39, 0.29) is 22.6 Å². The third-order valence-corrected chi connectivity index (χ3v) is 4.23. The van der Waals surface area contributed by atoms with Crippen LogP contribution in [0.4, 0.5) is 19.0 Å². The van der Waals surface area contributed by atoms with Gasteiger partial charge in [0.2, 0.25) is 0 Å². The number of aromatic nitrogens is 4. The van der Waals surface area contributed by atoms with Crippen LogP contribution in [0.25, 0.3) is 28.0 Å². The maximum Gasteiger partial charge on any atom is 0.434 e. The van der Waals surface area contributed by atoms with Crippen molar-refractivity contribution in [2.45, 2.75) is 6.18 Å². The molecule has 0 amide bonds. The summed E-state index contributed by atoms with van der Waals surface area (Å²) in [5, 5.41) is 4.13. The summed E-state index contributed by atoms with van der Waals surface area (Å²) >= 11 is 0. The van der Waals surface area contributed by atoms with Crippen LogP contribution in [0.2, 0.25) is 0 Å². The molecule has 0 spiro atoms. The fourth-order valence-electron chi connectivity index (χ4n) is 2.94. The lowest BCUT2D eigenvalue weighted by atomic mass is 10.0. The first-order valence-electron chi connectivity index (χ1n) is 8.20. The Hall–Kier alpha value is -3.62. The van der Waals surface area contributed by atoms with E-state index in [1.165, 1.54) is 36.2 Å². The normalized spacial score (nSPS) is 11.7. The summed E-state index contributed by atoms with van der Waals surface area (Å²) in [7, 11) is 1.48. The Kier molecular flexibility index (Phi) is 4.14. The van der Waals surface area contributed by atoms with E-state index in [1.54, 1.807) is 30.3 Å². The smallest absolute Gasteiger partial charge is 0.434 e. The van der Waals surface area contributed by atoms with Gasteiger partial charge in [0.15, 0.2) is 17.2 Å². The fourth-order valence-corrected chi connectivity index (χ4v) is 2.94. The van der Waals surface area contributed by atoms with Crippen molar-refractivity contribution in [2.24, 2.45) is 0 Å². The Morgan fingerprint density at radius 3 is 2.43 bits per heavy atom. The highest BCUT2D eigenvalue weighted by atomic mass is 19.4. The molecule has 0 bridgehead atoms. The van der Waals surface area contributed by atoms with Crippen molar-refractivity contribution in [1.82, 2.24) is 19.6 Å². The molecule has 0 saturated carbocycles. The Morgan fingerprint density at radius 2 is 1.82 bits per heavy atom. The van der Waals surface area contributed by atoms with Crippen LogP contribution in [0.15, 0.2) is 54.9 Å². The second-order valence-electron chi connectivity index (χ2n) is 5.97. The molecule has 0 unspecified atom stereocenters. The second kappa shape index (κ2) is 6.52. The van der Waals surface area contributed by atoms with Crippen LogP contribution in [0, 0.1) is 0 Å². The molecule has 4 rings (SSSR count). The van der Waals surface area contributed by atoms with E-state index in [0.717, 1.165) is 0 Å². The van der Waals surface area contributed by atoms with Gasteiger partial charge in [-0.25, -0.2) is 9.50 Å². The van der Waals surface area contributed by atoms with Crippen molar-refractivity contribution >= 4 is 11.5 Å². The molecule has 142 valence electrons. The van der Waals surface area contributed by atoms with E-state index >= 15 is 0 Å². The molecule has 0 aliphatic carbocycles. The number of ether oxygens (including phenoxy) is 1. The van der Waals surface area contributed by atoms with E-state index < -0.39 is 11.9 Å². The van der Waals surface area contributed by atoms with E-state index in [1.807, 2.05) is 0 Å². The summed E-state index contributed by atoms with van der Waals surface area (Å²) in [6.07, 6.45) is -1.87. The molecule has 0 atom stereocenters. The molecule has 0 radical (unpaired) electrons. The number of alkyl halides is 3. The summed E-state index contributed by atoms with van der Waals surface area (Å²) in [4.78, 5) is 8.04. The first-order chi connectivity index (χ1) is 13.4. The number of nitrogens with two attached hydrogens (primary N) is 1. The quantitative estimate of drug-likeness (QED) is 0.575. The monoisotopic (exact) mass is 385 g/mol. The van der Waals surface area contributed by atoms with Crippen LogP contribution >= 0.6 is 0 Å². The van der Waals surface area contributed by atoms with Crippen LogP contribution in [0.1, 0.15) is 5.69 Å². The van der Waals surface area contributed by atoms with Gasteiger partial charge < -0.3 is 10.5 Å². The van der Waals surface area contributed by atoms with Gasteiger partial charge in [-0.3, -0.25) is 4.98 Å². The minimum Gasteiger partial charge on any atom is -0.497 e. The Labute approximate surface area is 157 Å². The maximum atomic E-state index is 13.8. The number of halogens is 3. The maximum absolute atomic E-state index is 13.8. The molecular formula is C19H14F3N5O. The molecule has 0 fully saturated rings. The van der Waals surface area contributed by atoms with Gasteiger partial charge in [0.05, 0.1) is 18.4 Å². The molecule has 3 aromatic heterocycles. The number of benzene rings is 1. The molecule has 0 aliphatic rings. The summed E-state index contributed by atoms with van der Waals surface area (Å²) in [5.41, 5.74) is 5.79. The number of anilines is 1. The molecule has 0 aliphatic heterocycles. The highest BCUT2D eigenvalue weighted by molar-refractivity contribution is 5.85. The Bertz CT molecular complexity index is 1140. The van der Waals surface area contributed by atoms with Crippen LogP contribution in [0.3, 0.4) is 0 Å². The lowest BCUT2D eigenvalue weighted by Crippen LogP contribution is -2.12. The average Bonchev–Trinajstić information content (AvgIpc) is 3.02. The Balaban J connectivity index is 1.99. The minimum absolute atomic E-state index is 0.0132. The van der Waals surface area contributed by atoms with Gasteiger partial charge in [0.25, 0.3) is 0 Å². The molecule has 4 aromatic rings. The minimum atomic E-state index is -4.67. The SMILES string of the molecule is COc1ccc(-c2cn3nc(N)c(-c4ccccn4)c3nc2C(F)(F)F)cc1. The lowest BCUT2D eigenvalue weighted by molar-refractivity contribution is -0.140. The van der Waals surface area contributed by atoms with Crippen molar-refractivity contribution < 1.29 is 17.9 Å². The molecule has 6 nitrogen and oxygen atoms in total. The standard InChI is InChI=1S/C19H14F3N5O/c1-28-12-7-5-11(6-8-12)13-10-27-18(25-16(13)19(20,21)22)15(17(23)26-27)14-4-2-3-9-24-14/h2-10H,1H3,(H2,23,26). The number of fused-ring (bicyclic) bond motifs is 1. The van der Waals surface area contributed by atoms with Gasteiger partial charge in [-0.15, -0.1) is 5.10 Å². The van der Waals surface area contributed by atoms with Gasteiger partial charge in [-0.1, -0.05) is 18.2 Å². The lowest BCUT2D eigenvalue weighted by Gasteiger charge is -2.13. The number of nitrogen functional groups attached to an aromatic ring is 1. The van der Waals surface area contributed by atoms with E-state index in [0.29, 0.717) is 17.0 Å². The van der Waals surface area contributed by atoms with E-state index in [9.17, 15) is 13.2 Å². The van der Waals surface area contributed by atoms with Crippen molar-refractivity contribution in [3.63, 3.8) is 0 Å². The predicted octanol–water partition coefficient (Wildman–Crippen LogP) is 4.07. The number of pyridine rings is 1. The largest absolute Gasteiger partial charge is 0.497 e. The number of methoxy groups -OCH3 is 1. The van der Waals surface area contributed by atoms with Gasteiger partial charge in [-0.2, -0.15) is 13.2 Å². The summed E-state index contributed by atoms with van der Waals surface area (Å²) < 4.78 is 47.7. The number of nitrogens with zero attached hydrogens (tertiary/aromatic N) is 4. The fraction of sp³-hybridized carbons (Fsp3) is 0.105. The van der Waals surface area contributed by atoms with Gasteiger partial charge in [0.1, 0.15) is 5.75 Å². The number of hydrogen-bond donors (Lipinski definition) is 1. The zero-order chi connectivity index (χ0) is 19.9. The highest BCUT2D eigenvalue weighted by Crippen LogP contribution is 2.38. The van der Waals surface area contributed by atoms with Crippen LogP contribution in [0.5, 0.6) is 5.75 Å². The third kappa shape index (κ3) is 3.00. The van der Waals surface area contributed by atoms with Crippen molar-refractivity contribution in [2.75, 3.05) is 12.8 Å². The first-order valence-corrected chi connectivity index (χ1v) is 8.20. The summed E-state index contributed by atoms with van der Waals surface area (Å²) in [6, 6.07) is 11.3. The molecule has 28 heavy (non-hydrogen) atoms. The summed E-state index contributed by atoms with van der Waals surface area (Å²) in [5.74, 6) is 0.582. The molecule has 1 aromatic carbocycles. The van der Waals surface area contributed by atoms with Crippen molar-refractivity contribution in [3.8, 4) is 28.1 Å². The van der Waals surface area contributed by atoms with E-state index in [4.69, 9.17) is 10.5 Å². The Morgan fingerprint density at radius 1 is 1.07 bits per heavy atom. The zero-order valence-electron chi connectivity index (χ0n) is 14.6. The highest BCUT2D eigenvalue weighted by Gasteiger charge is 2.37. The zero-order valence-corrected chi connectivity index (χ0v) is 14.6. The second-order valence-corrected chi connectivity index (χ2v) is 5.97.